The number of carbonyl (C=O) groups excluding carboxylic acids is 1. The number of ether oxygens (including phenoxy) is 1. The van der Waals surface area contributed by atoms with Crippen molar-refractivity contribution in [2.45, 2.75) is 31.2 Å². The molecule has 2 N–H and O–H groups in total. The molecule has 1 aromatic carbocycles. The zero-order valence-corrected chi connectivity index (χ0v) is 13.2. The molecule has 1 heterocycles. The van der Waals surface area contributed by atoms with Gasteiger partial charge in [0.1, 0.15) is 0 Å². The highest BCUT2D eigenvalue weighted by Gasteiger charge is 2.38. The quantitative estimate of drug-likeness (QED) is 0.674. The van der Waals surface area contributed by atoms with Crippen LogP contribution in [-0.2, 0) is 14.8 Å². The summed E-state index contributed by atoms with van der Waals surface area (Å²) in [6, 6.07) is 4.09. The van der Waals surface area contributed by atoms with E-state index in [4.69, 9.17) is 5.73 Å². The number of sulfonamides is 1. The molecule has 0 saturated carbocycles. The molecule has 7 heteroatoms. The summed E-state index contributed by atoms with van der Waals surface area (Å²) in [5, 5.41) is 0. The first-order valence-electron chi connectivity index (χ1n) is 6.77. The smallest absolute Gasteiger partial charge is 0.339 e. The molecule has 0 spiro atoms. The predicted octanol–water partition coefficient (Wildman–Crippen LogP) is 1.47. The topological polar surface area (TPSA) is 89.7 Å². The molecule has 21 heavy (non-hydrogen) atoms. The third-order valence-corrected chi connectivity index (χ3v) is 5.74. The van der Waals surface area contributed by atoms with Gasteiger partial charge in [-0.2, -0.15) is 4.31 Å². The van der Waals surface area contributed by atoms with Crippen molar-refractivity contribution >= 4 is 21.7 Å². The molecule has 0 amide bonds. The summed E-state index contributed by atoms with van der Waals surface area (Å²) < 4.78 is 31.8. The van der Waals surface area contributed by atoms with Crippen molar-refractivity contribution in [3.05, 3.63) is 23.8 Å². The van der Waals surface area contributed by atoms with Crippen molar-refractivity contribution in [3.63, 3.8) is 0 Å². The van der Waals surface area contributed by atoms with Crippen LogP contribution in [0.3, 0.4) is 0 Å². The van der Waals surface area contributed by atoms with E-state index in [0.717, 1.165) is 6.42 Å². The van der Waals surface area contributed by atoms with Crippen molar-refractivity contribution in [2.24, 2.45) is 5.92 Å². The van der Waals surface area contributed by atoms with Gasteiger partial charge in [0, 0.05) is 18.3 Å². The molecule has 1 saturated heterocycles. The number of methoxy groups -OCH3 is 1. The van der Waals surface area contributed by atoms with E-state index < -0.39 is 16.0 Å². The lowest BCUT2D eigenvalue weighted by atomic mass is 10.1. The first kappa shape index (κ1) is 15.8. The Hall–Kier alpha value is -1.60. The summed E-state index contributed by atoms with van der Waals surface area (Å²) in [5.41, 5.74) is 6.00. The standard InChI is InChI=1S/C14H20N2O4S/c1-9-6-10(2)16(8-9)21(18,19)13-7-11(15)4-5-12(13)14(17)20-3/h4-5,7,9-10H,6,8,15H2,1-3H3. The molecule has 2 unspecified atom stereocenters. The normalized spacial score (nSPS) is 23.2. The van der Waals surface area contributed by atoms with Gasteiger partial charge >= 0.3 is 5.97 Å². The van der Waals surface area contributed by atoms with Gasteiger partial charge in [0.2, 0.25) is 10.0 Å². The summed E-state index contributed by atoms with van der Waals surface area (Å²) >= 11 is 0. The molecular weight excluding hydrogens is 292 g/mol. The van der Waals surface area contributed by atoms with Crippen molar-refractivity contribution in [1.82, 2.24) is 4.31 Å². The molecule has 0 aromatic heterocycles. The Morgan fingerprint density at radius 1 is 1.38 bits per heavy atom. The Bertz CT molecular complexity index is 657. The SMILES string of the molecule is COC(=O)c1ccc(N)cc1S(=O)(=O)N1CC(C)CC1C. The van der Waals surface area contributed by atoms with Crippen molar-refractivity contribution in [3.8, 4) is 0 Å². The highest BCUT2D eigenvalue weighted by atomic mass is 32.2. The van der Waals surface area contributed by atoms with E-state index in [2.05, 4.69) is 4.74 Å². The lowest BCUT2D eigenvalue weighted by Crippen LogP contribution is -2.35. The van der Waals surface area contributed by atoms with Gasteiger partial charge in [0.05, 0.1) is 17.6 Å². The van der Waals surface area contributed by atoms with E-state index in [0.29, 0.717) is 12.2 Å². The maximum atomic E-state index is 12.8. The molecule has 6 nitrogen and oxygen atoms in total. The zero-order chi connectivity index (χ0) is 15.8. The molecule has 1 aromatic rings. The predicted molar refractivity (Wildman–Crippen MR) is 79.3 cm³/mol. The van der Waals surface area contributed by atoms with Crippen LogP contribution >= 0.6 is 0 Å². The first-order chi connectivity index (χ1) is 9.77. The van der Waals surface area contributed by atoms with Gasteiger partial charge < -0.3 is 10.5 Å². The highest BCUT2D eigenvalue weighted by molar-refractivity contribution is 7.89. The van der Waals surface area contributed by atoms with E-state index >= 15 is 0 Å². The summed E-state index contributed by atoms with van der Waals surface area (Å²) in [5.74, 6) is -0.397. The molecule has 1 aliphatic heterocycles. The van der Waals surface area contributed by atoms with Crippen molar-refractivity contribution in [2.75, 3.05) is 19.4 Å². The maximum absolute atomic E-state index is 12.8. The third kappa shape index (κ3) is 2.89. The number of nitrogen functional groups attached to an aromatic ring is 1. The third-order valence-electron chi connectivity index (χ3n) is 3.72. The average Bonchev–Trinajstić information content (AvgIpc) is 2.77. The number of hydrogen-bond acceptors (Lipinski definition) is 5. The monoisotopic (exact) mass is 312 g/mol. The van der Waals surface area contributed by atoms with Gasteiger partial charge in [-0.3, -0.25) is 0 Å². The fourth-order valence-electron chi connectivity index (χ4n) is 2.75. The van der Waals surface area contributed by atoms with Crippen LogP contribution in [-0.4, -0.2) is 38.4 Å². The number of carbonyl (C=O) groups is 1. The second-order valence-corrected chi connectivity index (χ2v) is 7.37. The number of benzene rings is 1. The fraction of sp³-hybridized carbons (Fsp3) is 0.500. The Labute approximate surface area is 124 Å². The molecule has 2 atom stereocenters. The van der Waals surface area contributed by atoms with Crippen LogP contribution in [0.2, 0.25) is 0 Å². The summed E-state index contributed by atoms with van der Waals surface area (Å²) in [7, 11) is -2.56. The number of esters is 1. The molecule has 0 bridgehead atoms. The van der Waals surface area contributed by atoms with E-state index in [1.165, 1.54) is 29.6 Å². The maximum Gasteiger partial charge on any atom is 0.339 e. The van der Waals surface area contributed by atoms with Crippen molar-refractivity contribution < 1.29 is 17.9 Å². The summed E-state index contributed by atoms with van der Waals surface area (Å²) in [4.78, 5) is 11.7. The number of hydrogen-bond donors (Lipinski definition) is 1. The van der Waals surface area contributed by atoms with Gasteiger partial charge in [-0.25, -0.2) is 13.2 Å². The largest absolute Gasteiger partial charge is 0.465 e. The fourth-order valence-corrected chi connectivity index (χ4v) is 4.73. The molecule has 1 aliphatic rings. The van der Waals surface area contributed by atoms with E-state index in [1.807, 2.05) is 13.8 Å². The lowest BCUT2D eigenvalue weighted by molar-refractivity contribution is 0.0596. The van der Waals surface area contributed by atoms with Crippen molar-refractivity contribution in [1.29, 1.82) is 0 Å². The van der Waals surface area contributed by atoms with Gasteiger partial charge in [-0.05, 0) is 37.5 Å². The van der Waals surface area contributed by atoms with Gasteiger partial charge in [-0.1, -0.05) is 6.92 Å². The number of nitrogens with zero attached hydrogens (tertiary/aromatic N) is 1. The second-order valence-electron chi connectivity index (χ2n) is 5.51. The minimum absolute atomic E-state index is 0.0125. The molecule has 2 rings (SSSR count). The number of rotatable bonds is 3. The van der Waals surface area contributed by atoms with E-state index in [-0.39, 0.29) is 22.4 Å². The molecule has 116 valence electrons. The minimum Gasteiger partial charge on any atom is -0.465 e. The average molecular weight is 312 g/mol. The zero-order valence-electron chi connectivity index (χ0n) is 12.4. The Morgan fingerprint density at radius 2 is 2.05 bits per heavy atom. The molecule has 0 radical (unpaired) electrons. The molecule has 0 aliphatic carbocycles. The molecular formula is C14H20N2O4S. The second kappa shape index (κ2) is 5.65. The Kier molecular flexibility index (Phi) is 4.25. The van der Waals surface area contributed by atoms with Gasteiger partial charge in [0.15, 0.2) is 0 Å². The number of nitrogens with two attached hydrogens (primary N) is 1. The van der Waals surface area contributed by atoms with Crippen LogP contribution in [0.4, 0.5) is 5.69 Å². The van der Waals surface area contributed by atoms with Gasteiger partial charge in [-0.15, -0.1) is 0 Å². The van der Waals surface area contributed by atoms with Crippen LogP contribution < -0.4 is 5.73 Å². The van der Waals surface area contributed by atoms with E-state index in [9.17, 15) is 13.2 Å². The Morgan fingerprint density at radius 3 is 2.57 bits per heavy atom. The van der Waals surface area contributed by atoms with Gasteiger partial charge in [0.25, 0.3) is 0 Å². The minimum atomic E-state index is -3.78. The van der Waals surface area contributed by atoms with E-state index in [1.54, 1.807) is 0 Å². The number of anilines is 1. The molecule has 1 fully saturated rings. The van der Waals surface area contributed by atoms with Crippen LogP contribution in [0.1, 0.15) is 30.6 Å². The Balaban J connectivity index is 2.54. The van der Waals surface area contributed by atoms with Crippen LogP contribution in [0.5, 0.6) is 0 Å². The highest BCUT2D eigenvalue weighted by Crippen LogP contribution is 2.31. The summed E-state index contributed by atoms with van der Waals surface area (Å²) in [6.07, 6.45) is 0.801. The first-order valence-corrected chi connectivity index (χ1v) is 8.21. The van der Waals surface area contributed by atoms with Crippen LogP contribution in [0.15, 0.2) is 23.1 Å². The van der Waals surface area contributed by atoms with Crippen LogP contribution in [0.25, 0.3) is 0 Å². The summed E-state index contributed by atoms with van der Waals surface area (Å²) in [6.45, 7) is 4.32. The lowest BCUT2D eigenvalue weighted by Gasteiger charge is -2.22. The van der Waals surface area contributed by atoms with Crippen LogP contribution in [0, 0.1) is 5.92 Å².